The van der Waals surface area contributed by atoms with Crippen LogP contribution < -0.4 is 5.32 Å². The number of nitrogens with zero attached hydrogens (tertiary/aromatic N) is 2. The molecule has 200 valence electrons. The zero-order valence-corrected chi connectivity index (χ0v) is 21.0. The molecule has 0 radical (unpaired) electrons. The highest BCUT2D eigenvalue weighted by Crippen LogP contribution is 2.42. The number of alkyl halides is 6. The summed E-state index contributed by atoms with van der Waals surface area (Å²) in [5, 5.41) is 4.03. The molecule has 3 saturated heterocycles. The van der Waals surface area contributed by atoms with Gasteiger partial charge in [0.05, 0.1) is 22.7 Å². The van der Waals surface area contributed by atoms with Gasteiger partial charge < -0.3 is 5.32 Å². The number of piperidine rings is 3. The van der Waals surface area contributed by atoms with Gasteiger partial charge in [0.1, 0.15) is 4.99 Å². The van der Waals surface area contributed by atoms with Crippen LogP contribution in [0.25, 0.3) is 10.9 Å². The lowest BCUT2D eigenvalue weighted by atomic mass is 9.73. The van der Waals surface area contributed by atoms with E-state index in [0.717, 1.165) is 42.4 Å². The molecule has 3 aliphatic heterocycles. The van der Waals surface area contributed by atoms with E-state index < -0.39 is 29.5 Å². The van der Waals surface area contributed by atoms with E-state index in [1.807, 2.05) is 36.4 Å². The van der Waals surface area contributed by atoms with Gasteiger partial charge in [0.2, 0.25) is 0 Å². The molecule has 1 N–H and O–H groups in total. The Hall–Kier alpha value is -2.98. The summed E-state index contributed by atoms with van der Waals surface area (Å²) in [5.74, 6) is 0.721. The van der Waals surface area contributed by atoms with E-state index in [9.17, 15) is 26.3 Å². The lowest BCUT2D eigenvalue weighted by Gasteiger charge is -2.52. The third-order valence-electron chi connectivity index (χ3n) is 7.69. The Balaban J connectivity index is 1.57. The Morgan fingerprint density at radius 2 is 1.74 bits per heavy atom. The Labute approximate surface area is 221 Å². The van der Waals surface area contributed by atoms with Crippen LogP contribution in [0.5, 0.6) is 0 Å². The number of hydrogen-bond acceptors (Lipinski definition) is 3. The van der Waals surface area contributed by atoms with Crippen molar-refractivity contribution in [1.29, 1.82) is 0 Å². The summed E-state index contributed by atoms with van der Waals surface area (Å²) < 4.78 is 81.1. The van der Waals surface area contributed by atoms with Crippen LogP contribution in [0.1, 0.15) is 41.1 Å². The Bertz CT molecular complexity index is 1330. The molecule has 2 aromatic carbocycles. The van der Waals surface area contributed by atoms with Gasteiger partial charge in [-0.25, -0.2) is 0 Å². The maximum absolute atomic E-state index is 13.5. The first kappa shape index (κ1) is 26.6. The molecule has 0 amide bonds. The van der Waals surface area contributed by atoms with Crippen molar-refractivity contribution in [2.24, 2.45) is 11.8 Å². The fourth-order valence-electron chi connectivity index (χ4n) is 5.80. The van der Waals surface area contributed by atoms with Crippen LogP contribution in [0.4, 0.5) is 26.3 Å². The zero-order chi connectivity index (χ0) is 27.2. The van der Waals surface area contributed by atoms with Crippen molar-refractivity contribution in [3.05, 3.63) is 89.6 Å². The summed E-state index contributed by atoms with van der Waals surface area (Å²) in [7, 11) is 0. The smallest absolute Gasteiger partial charge is 0.367 e. The number of para-hydroxylation sites is 1. The molecule has 6 rings (SSSR count). The molecule has 1 aromatic heterocycles. The van der Waals surface area contributed by atoms with Crippen LogP contribution in [-0.2, 0) is 12.4 Å². The van der Waals surface area contributed by atoms with Gasteiger partial charge in [0.25, 0.3) is 0 Å². The lowest BCUT2D eigenvalue weighted by molar-refractivity contribution is -0.143. The number of thiocarbonyl (C=S) groups is 1. The van der Waals surface area contributed by atoms with Gasteiger partial charge >= 0.3 is 12.4 Å². The molecular formula is C28H25F6N3S. The van der Waals surface area contributed by atoms with Crippen molar-refractivity contribution in [2.45, 2.75) is 37.3 Å². The quantitative estimate of drug-likeness (QED) is 0.207. The molecule has 0 saturated carbocycles. The van der Waals surface area contributed by atoms with Crippen molar-refractivity contribution in [1.82, 2.24) is 15.2 Å². The highest BCUT2D eigenvalue weighted by atomic mass is 32.1. The molecular weight excluding hydrogens is 524 g/mol. The Morgan fingerprint density at radius 1 is 1.05 bits per heavy atom. The highest BCUT2D eigenvalue weighted by Gasteiger charge is 2.43. The summed E-state index contributed by atoms with van der Waals surface area (Å²) >= 11 is 5.49. The average Bonchev–Trinajstić information content (AvgIpc) is 2.90. The number of nitrogens with one attached hydrogen (secondary N) is 1. The second-order valence-electron chi connectivity index (χ2n) is 9.91. The van der Waals surface area contributed by atoms with Gasteiger partial charge in [-0.2, -0.15) is 26.3 Å². The summed E-state index contributed by atoms with van der Waals surface area (Å²) in [4.78, 5) is 6.56. The normalized spacial score (nSPS) is 24.3. The molecule has 1 unspecified atom stereocenters. The van der Waals surface area contributed by atoms with Gasteiger partial charge in [-0.1, -0.05) is 36.5 Å². The number of hydrogen-bond donors (Lipinski definition) is 1. The maximum Gasteiger partial charge on any atom is 0.416 e. The van der Waals surface area contributed by atoms with Gasteiger partial charge in [-0.05, 0) is 67.1 Å². The van der Waals surface area contributed by atoms with Crippen molar-refractivity contribution in [3.63, 3.8) is 0 Å². The SMILES string of the molecule is C=C[C@H]1CN2CC[C@H]1C[C@H]2[C@@H](NC(=S)c1cc(C(F)(F)F)cc(C(F)(F)F)c1)c1ccnc2ccccc12. The summed E-state index contributed by atoms with van der Waals surface area (Å²) in [6, 6.07) is 10.2. The minimum absolute atomic E-state index is 0.0680. The molecule has 10 heteroatoms. The lowest BCUT2D eigenvalue weighted by Crippen LogP contribution is -2.57. The molecule has 4 heterocycles. The van der Waals surface area contributed by atoms with Crippen LogP contribution in [0.15, 0.2) is 67.4 Å². The third kappa shape index (κ3) is 5.16. The molecule has 3 nitrogen and oxygen atoms in total. The van der Waals surface area contributed by atoms with Crippen LogP contribution >= 0.6 is 12.2 Å². The minimum Gasteiger partial charge on any atom is -0.367 e. The van der Waals surface area contributed by atoms with E-state index in [4.69, 9.17) is 12.2 Å². The molecule has 0 aliphatic carbocycles. The second-order valence-corrected chi connectivity index (χ2v) is 10.3. The van der Waals surface area contributed by atoms with Gasteiger partial charge in [-0.3, -0.25) is 9.88 Å². The largest absolute Gasteiger partial charge is 0.416 e. The summed E-state index contributed by atoms with van der Waals surface area (Å²) in [5.41, 5.74) is -1.54. The third-order valence-corrected chi connectivity index (χ3v) is 8.05. The van der Waals surface area contributed by atoms with E-state index in [1.54, 1.807) is 6.20 Å². The van der Waals surface area contributed by atoms with E-state index in [0.29, 0.717) is 24.0 Å². The molecule has 2 bridgehead atoms. The van der Waals surface area contributed by atoms with E-state index in [-0.39, 0.29) is 22.7 Å². The molecule has 38 heavy (non-hydrogen) atoms. The first-order chi connectivity index (χ1) is 18.0. The number of benzene rings is 2. The maximum atomic E-state index is 13.5. The van der Waals surface area contributed by atoms with E-state index in [2.05, 4.69) is 21.8 Å². The average molecular weight is 550 g/mol. The monoisotopic (exact) mass is 549 g/mol. The predicted octanol–water partition coefficient (Wildman–Crippen LogP) is 7.18. The van der Waals surface area contributed by atoms with Crippen molar-refractivity contribution >= 4 is 28.1 Å². The van der Waals surface area contributed by atoms with Gasteiger partial charge in [0, 0.05) is 29.7 Å². The zero-order valence-electron chi connectivity index (χ0n) is 20.2. The Morgan fingerprint density at radius 3 is 2.34 bits per heavy atom. The number of fused-ring (bicyclic) bond motifs is 4. The van der Waals surface area contributed by atoms with Gasteiger partial charge in [-0.15, -0.1) is 6.58 Å². The fraction of sp³-hybridized carbons (Fsp3) is 0.357. The first-order valence-corrected chi connectivity index (χ1v) is 12.7. The van der Waals surface area contributed by atoms with Crippen LogP contribution in [0.3, 0.4) is 0 Å². The Kier molecular flexibility index (Phi) is 6.98. The van der Waals surface area contributed by atoms with Crippen LogP contribution in [0, 0.1) is 11.8 Å². The molecule has 3 fully saturated rings. The van der Waals surface area contributed by atoms with Crippen molar-refractivity contribution in [3.8, 4) is 0 Å². The minimum atomic E-state index is -4.96. The van der Waals surface area contributed by atoms with Crippen molar-refractivity contribution in [2.75, 3.05) is 13.1 Å². The standard InChI is InChI=1S/C28H25F6N3S/c1-2-16-15-37-10-8-17(16)13-24(37)25(22-7-9-35-23-6-4-3-5-21(22)23)36-26(38)18-11-19(27(29,30)31)14-20(12-18)28(32,33)34/h2-7,9,11-12,14,16-17,24-25H,1,8,10,13,15H2,(H,36,38)/t16-,17-,24-,25-/m0/s1. The van der Waals surface area contributed by atoms with Crippen LogP contribution in [0.2, 0.25) is 0 Å². The van der Waals surface area contributed by atoms with Gasteiger partial charge in [0.15, 0.2) is 0 Å². The topological polar surface area (TPSA) is 28.2 Å². The van der Waals surface area contributed by atoms with Crippen LogP contribution in [-0.4, -0.2) is 34.0 Å². The van der Waals surface area contributed by atoms with E-state index >= 15 is 0 Å². The predicted molar refractivity (Wildman–Crippen MR) is 138 cm³/mol. The van der Waals surface area contributed by atoms with E-state index in [1.165, 1.54) is 0 Å². The number of rotatable bonds is 5. The number of halogens is 6. The number of pyridine rings is 1. The summed E-state index contributed by atoms with van der Waals surface area (Å²) in [6.07, 6.45) is -4.50. The van der Waals surface area contributed by atoms with Crippen molar-refractivity contribution < 1.29 is 26.3 Å². The summed E-state index contributed by atoms with van der Waals surface area (Å²) in [6.45, 7) is 5.59. The first-order valence-electron chi connectivity index (χ1n) is 12.3. The molecule has 0 spiro atoms. The highest BCUT2D eigenvalue weighted by molar-refractivity contribution is 7.80. The second kappa shape index (κ2) is 9.96. The number of aromatic nitrogens is 1. The molecule has 3 aliphatic rings. The molecule has 3 aromatic rings. The fourth-order valence-corrected chi connectivity index (χ4v) is 6.05. The molecule has 5 atom stereocenters.